The van der Waals surface area contributed by atoms with Gasteiger partial charge >= 0.3 is 0 Å². The normalized spacial score (nSPS) is 12.5. The molecular formula is C17H20N4O2S. The largest absolute Gasteiger partial charge is 0.496 e. The van der Waals surface area contributed by atoms with Gasteiger partial charge in [-0.05, 0) is 24.0 Å². The molecule has 1 unspecified atom stereocenters. The number of rotatable bonds is 6. The number of anilines is 1. The van der Waals surface area contributed by atoms with Crippen molar-refractivity contribution >= 4 is 21.4 Å². The van der Waals surface area contributed by atoms with Gasteiger partial charge in [0.25, 0.3) is 5.56 Å². The molecule has 7 heteroatoms. The second-order valence-electron chi connectivity index (χ2n) is 5.90. The summed E-state index contributed by atoms with van der Waals surface area (Å²) in [6.07, 6.45) is 2.31. The van der Waals surface area contributed by atoms with Crippen molar-refractivity contribution in [2.24, 2.45) is 5.92 Å². The van der Waals surface area contributed by atoms with Gasteiger partial charge in [-0.2, -0.15) is 4.52 Å². The molecule has 1 atom stereocenters. The summed E-state index contributed by atoms with van der Waals surface area (Å²) in [4.78, 5) is 16.6. The Bertz CT molecular complexity index is 887. The van der Waals surface area contributed by atoms with E-state index in [2.05, 4.69) is 35.3 Å². The van der Waals surface area contributed by atoms with Gasteiger partial charge in [0.05, 0.1) is 7.11 Å². The fraction of sp³-hybridized carbons (Fsp3) is 0.353. The molecule has 1 aromatic carbocycles. The van der Waals surface area contributed by atoms with Crippen LogP contribution in [0.25, 0.3) is 4.96 Å². The van der Waals surface area contributed by atoms with E-state index in [1.807, 2.05) is 18.2 Å². The highest BCUT2D eigenvalue weighted by Crippen LogP contribution is 2.24. The summed E-state index contributed by atoms with van der Waals surface area (Å²) in [5, 5.41) is 8.48. The van der Waals surface area contributed by atoms with Crippen LogP contribution in [0.5, 0.6) is 5.75 Å². The lowest BCUT2D eigenvalue weighted by molar-refractivity contribution is 0.405. The third-order valence-corrected chi connectivity index (χ3v) is 4.77. The maximum absolute atomic E-state index is 11.8. The Kier molecular flexibility index (Phi) is 4.80. The van der Waals surface area contributed by atoms with Gasteiger partial charge in [-0.1, -0.05) is 43.4 Å². The van der Waals surface area contributed by atoms with Gasteiger partial charge < -0.3 is 10.1 Å². The smallest absolute Gasteiger partial charge is 0.275 e. The molecule has 0 aliphatic heterocycles. The maximum atomic E-state index is 11.8. The van der Waals surface area contributed by atoms with Crippen molar-refractivity contribution < 1.29 is 4.74 Å². The van der Waals surface area contributed by atoms with E-state index >= 15 is 0 Å². The van der Waals surface area contributed by atoms with Crippen LogP contribution >= 0.6 is 11.3 Å². The van der Waals surface area contributed by atoms with Gasteiger partial charge in [0.2, 0.25) is 10.1 Å². The number of hydrogen-bond donors (Lipinski definition) is 1. The molecule has 2 aromatic heterocycles. The zero-order valence-electron chi connectivity index (χ0n) is 13.9. The lowest BCUT2D eigenvalue weighted by atomic mass is 9.96. The van der Waals surface area contributed by atoms with Crippen molar-refractivity contribution in [1.82, 2.24) is 14.6 Å². The van der Waals surface area contributed by atoms with Gasteiger partial charge in [0, 0.05) is 18.3 Å². The van der Waals surface area contributed by atoms with E-state index in [1.165, 1.54) is 28.1 Å². The molecule has 0 fully saturated rings. The van der Waals surface area contributed by atoms with Gasteiger partial charge in [0.1, 0.15) is 5.75 Å². The second kappa shape index (κ2) is 7.00. The minimum Gasteiger partial charge on any atom is -0.496 e. The molecule has 0 saturated heterocycles. The minimum atomic E-state index is -0.171. The molecule has 0 spiro atoms. The third-order valence-electron chi connectivity index (χ3n) is 3.92. The summed E-state index contributed by atoms with van der Waals surface area (Å²) in [6.45, 7) is 4.32. The SMILES string of the molecule is COc1ccccc1CC(Nc1nn2c(=O)ccnc2s1)C(C)C. The highest BCUT2D eigenvalue weighted by molar-refractivity contribution is 7.20. The van der Waals surface area contributed by atoms with Gasteiger partial charge in [0.15, 0.2) is 0 Å². The van der Waals surface area contributed by atoms with Crippen molar-refractivity contribution in [3.8, 4) is 5.75 Å². The highest BCUT2D eigenvalue weighted by Gasteiger charge is 2.18. The van der Waals surface area contributed by atoms with Crippen molar-refractivity contribution in [3.63, 3.8) is 0 Å². The average Bonchev–Trinajstić information content (AvgIpc) is 2.99. The number of fused-ring (bicyclic) bond motifs is 1. The van der Waals surface area contributed by atoms with E-state index in [0.29, 0.717) is 16.0 Å². The molecule has 3 rings (SSSR count). The van der Waals surface area contributed by atoms with Crippen LogP contribution < -0.4 is 15.6 Å². The van der Waals surface area contributed by atoms with Crippen LogP contribution in [-0.2, 0) is 6.42 Å². The Balaban J connectivity index is 1.85. The molecule has 0 amide bonds. The number of nitrogens with one attached hydrogen (secondary N) is 1. The molecule has 0 radical (unpaired) electrons. The Morgan fingerprint density at radius 2 is 2.08 bits per heavy atom. The summed E-state index contributed by atoms with van der Waals surface area (Å²) >= 11 is 1.38. The van der Waals surface area contributed by atoms with Gasteiger partial charge in [-0.15, -0.1) is 5.10 Å². The van der Waals surface area contributed by atoms with Crippen LogP contribution in [0, 0.1) is 5.92 Å². The van der Waals surface area contributed by atoms with Crippen molar-refractivity contribution in [3.05, 3.63) is 52.4 Å². The van der Waals surface area contributed by atoms with E-state index < -0.39 is 0 Å². The van der Waals surface area contributed by atoms with Crippen LogP contribution in [0.3, 0.4) is 0 Å². The Hall–Kier alpha value is -2.41. The molecule has 2 heterocycles. The molecule has 6 nitrogen and oxygen atoms in total. The van der Waals surface area contributed by atoms with Crippen LogP contribution in [0.4, 0.5) is 5.13 Å². The van der Waals surface area contributed by atoms with Crippen molar-refractivity contribution in [1.29, 1.82) is 0 Å². The fourth-order valence-corrected chi connectivity index (χ4v) is 3.36. The standard InChI is InChI=1S/C17H20N4O2S/c1-11(2)13(10-12-6-4-5-7-14(12)23-3)19-16-20-21-15(22)8-9-18-17(21)24-16/h4-9,11,13H,10H2,1-3H3,(H,19,20). The number of hydrogen-bond acceptors (Lipinski definition) is 6. The van der Waals surface area contributed by atoms with Crippen LogP contribution in [-0.4, -0.2) is 27.7 Å². The number of aromatic nitrogens is 3. The maximum Gasteiger partial charge on any atom is 0.275 e. The first-order valence-electron chi connectivity index (χ1n) is 7.82. The predicted molar refractivity (Wildman–Crippen MR) is 96.1 cm³/mol. The van der Waals surface area contributed by atoms with Crippen LogP contribution in [0.15, 0.2) is 41.3 Å². The molecular weight excluding hydrogens is 324 g/mol. The Morgan fingerprint density at radius 3 is 2.79 bits per heavy atom. The van der Waals surface area contributed by atoms with Crippen molar-refractivity contribution in [2.75, 3.05) is 12.4 Å². The number of methoxy groups -OCH3 is 1. The fourth-order valence-electron chi connectivity index (χ4n) is 2.52. The van der Waals surface area contributed by atoms with Crippen LogP contribution in [0.1, 0.15) is 19.4 Å². The summed E-state index contributed by atoms with van der Waals surface area (Å²) in [5.74, 6) is 1.26. The molecule has 126 valence electrons. The van der Waals surface area contributed by atoms with E-state index in [4.69, 9.17) is 4.74 Å². The molecule has 3 aromatic rings. The lowest BCUT2D eigenvalue weighted by Gasteiger charge is -2.22. The number of para-hydroxylation sites is 1. The highest BCUT2D eigenvalue weighted by atomic mass is 32.1. The summed E-state index contributed by atoms with van der Waals surface area (Å²) in [6, 6.07) is 9.58. The third kappa shape index (κ3) is 3.41. The minimum absolute atomic E-state index is 0.164. The van der Waals surface area contributed by atoms with E-state index in [0.717, 1.165) is 17.7 Å². The van der Waals surface area contributed by atoms with E-state index in [1.54, 1.807) is 7.11 Å². The number of ether oxygens (including phenoxy) is 1. The summed E-state index contributed by atoms with van der Waals surface area (Å²) < 4.78 is 6.77. The molecule has 0 saturated carbocycles. The predicted octanol–water partition coefficient (Wildman–Crippen LogP) is 2.84. The van der Waals surface area contributed by atoms with Crippen LogP contribution in [0.2, 0.25) is 0 Å². The van der Waals surface area contributed by atoms with E-state index in [-0.39, 0.29) is 11.6 Å². The topological polar surface area (TPSA) is 68.5 Å². The number of nitrogens with zero attached hydrogens (tertiary/aromatic N) is 3. The molecule has 1 N–H and O–H groups in total. The Labute approximate surface area is 144 Å². The Morgan fingerprint density at radius 1 is 1.29 bits per heavy atom. The summed E-state index contributed by atoms with van der Waals surface area (Å²) in [5.41, 5.74) is 0.970. The lowest BCUT2D eigenvalue weighted by Crippen LogP contribution is -2.28. The quantitative estimate of drug-likeness (QED) is 0.745. The van der Waals surface area contributed by atoms with Gasteiger partial charge in [-0.25, -0.2) is 4.98 Å². The summed E-state index contributed by atoms with van der Waals surface area (Å²) in [7, 11) is 1.68. The first kappa shape index (κ1) is 16.4. The molecule has 24 heavy (non-hydrogen) atoms. The average molecular weight is 344 g/mol. The zero-order chi connectivity index (χ0) is 17.1. The second-order valence-corrected chi connectivity index (χ2v) is 6.85. The zero-order valence-corrected chi connectivity index (χ0v) is 14.7. The number of benzene rings is 1. The van der Waals surface area contributed by atoms with E-state index in [9.17, 15) is 4.79 Å². The molecule has 0 bridgehead atoms. The monoisotopic (exact) mass is 344 g/mol. The molecule has 0 aliphatic carbocycles. The molecule has 0 aliphatic rings. The van der Waals surface area contributed by atoms with Gasteiger partial charge in [-0.3, -0.25) is 4.79 Å². The first-order valence-corrected chi connectivity index (χ1v) is 8.63. The van der Waals surface area contributed by atoms with Crippen molar-refractivity contribution in [2.45, 2.75) is 26.3 Å². The first-order chi connectivity index (χ1) is 11.6.